The maximum absolute atomic E-state index is 14.2. The first-order valence-electron chi connectivity index (χ1n) is 10.8. The second-order valence-electron chi connectivity index (χ2n) is 9.04. The van der Waals surface area contributed by atoms with Crippen molar-refractivity contribution < 1.29 is 23.5 Å². The summed E-state index contributed by atoms with van der Waals surface area (Å²) in [5, 5.41) is 5.41. The highest BCUT2D eigenvalue weighted by molar-refractivity contribution is 5.94. The summed E-state index contributed by atoms with van der Waals surface area (Å²) < 4.78 is 19.5. The van der Waals surface area contributed by atoms with Gasteiger partial charge in [-0.3, -0.25) is 9.59 Å². The second kappa shape index (κ2) is 10.4. The van der Waals surface area contributed by atoms with E-state index in [1.165, 1.54) is 6.07 Å². The molecule has 0 aliphatic carbocycles. The third kappa shape index (κ3) is 7.27. The highest BCUT2D eigenvalue weighted by atomic mass is 19.1. The van der Waals surface area contributed by atoms with Crippen LogP contribution in [-0.4, -0.2) is 52.5 Å². The number of hydrogen-bond donors (Lipinski definition) is 2. The summed E-state index contributed by atoms with van der Waals surface area (Å²) >= 11 is 0. The lowest BCUT2D eigenvalue weighted by Crippen LogP contribution is -2.55. The zero-order valence-electron chi connectivity index (χ0n) is 19.0. The lowest BCUT2D eigenvalue weighted by atomic mass is 9.96. The molecule has 33 heavy (non-hydrogen) atoms. The van der Waals surface area contributed by atoms with Crippen LogP contribution < -0.4 is 10.6 Å². The standard InChI is InChI=1S/C24H29FN4O4/c1-24(2,3)33-23(32)27-18(12-16-8-4-5-9-19(16)25)13-21(30)29-14-17(15-29)22(31)28-20-10-6-7-11-26-20/h4-11,17-18H,12-15H2,1-3H3,(H,27,32)(H,26,28,31). The van der Waals surface area contributed by atoms with Crippen molar-refractivity contribution in [2.24, 2.45) is 5.92 Å². The van der Waals surface area contributed by atoms with E-state index in [0.29, 0.717) is 11.4 Å². The minimum absolute atomic E-state index is 0.0395. The first kappa shape index (κ1) is 24.2. The maximum Gasteiger partial charge on any atom is 0.407 e. The molecule has 1 aliphatic heterocycles. The molecule has 1 aromatic heterocycles. The number of carbonyl (C=O) groups excluding carboxylic acids is 3. The van der Waals surface area contributed by atoms with Crippen LogP contribution in [0.5, 0.6) is 0 Å². The molecular weight excluding hydrogens is 427 g/mol. The predicted octanol–water partition coefficient (Wildman–Crippen LogP) is 3.14. The number of pyridine rings is 1. The average molecular weight is 457 g/mol. The van der Waals surface area contributed by atoms with Gasteiger partial charge in [-0.25, -0.2) is 14.2 Å². The van der Waals surface area contributed by atoms with E-state index in [4.69, 9.17) is 4.74 Å². The van der Waals surface area contributed by atoms with E-state index in [1.807, 2.05) is 0 Å². The first-order valence-corrected chi connectivity index (χ1v) is 10.8. The molecule has 2 heterocycles. The third-order valence-corrected chi connectivity index (χ3v) is 5.09. The van der Waals surface area contributed by atoms with Crippen molar-refractivity contribution in [1.29, 1.82) is 0 Å². The van der Waals surface area contributed by atoms with E-state index in [-0.39, 0.29) is 43.7 Å². The van der Waals surface area contributed by atoms with Crippen LogP contribution in [0.3, 0.4) is 0 Å². The summed E-state index contributed by atoms with van der Waals surface area (Å²) in [5.41, 5.74) is -0.315. The summed E-state index contributed by atoms with van der Waals surface area (Å²) in [6.07, 6.45) is 1.00. The zero-order chi connectivity index (χ0) is 24.0. The second-order valence-corrected chi connectivity index (χ2v) is 9.04. The van der Waals surface area contributed by atoms with Crippen molar-refractivity contribution in [2.45, 2.75) is 45.3 Å². The monoisotopic (exact) mass is 456 g/mol. The number of ether oxygens (including phenoxy) is 1. The number of likely N-dealkylation sites (tertiary alicyclic amines) is 1. The fourth-order valence-electron chi connectivity index (χ4n) is 3.43. The Morgan fingerprint density at radius 1 is 1.15 bits per heavy atom. The van der Waals surface area contributed by atoms with Crippen LogP contribution in [0.4, 0.5) is 15.0 Å². The summed E-state index contributed by atoms with van der Waals surface area (Å²) in [6.45, 7) is 5.76. The topological polar surface area (TPSA) is 101 Å². The molecule has 9 heteroatoms. The van der Waals surface area contributed by atoms with Gasteiger partial charge in [0, 0.05) is 31.7 Å². The molecule has 0 spiro atoms. The molecule has 0 saturated carbocycles. The largest absolute Gasteiger partial charge is 0.444 e. The molecule has 1 fully saturated rings. The zero-order valence-corrected chi connectivity index (χ0v) is 19.0. The number of halogens is 1. The molecular formula is C24H29FN4O4. The van der Waals surface area contributed by atoms with Gasteiger partial charge in [0.1, 0.15) is 17.2 Å². The van der Waals surface area contributed by atoms with Gasteiger partial charge in [-0.2, -0.15) is 0 Å². The Labute approximate surface area is 192 Å². The van der Waals surface area contributed by atoms with E-state index >= 15 is 0 Å². The summed E-state index contributed by atoms with van der Waals surface area (Å²) in [4.78, 5) is 43.0. The van der Waals surface area contributed by atoms with Crippen LogP contribution in [0.1, 0.15) is 32.8 Å². The maximum atomic E-state index is 14.2. The number of carbonyl (C=O) groups is 3. The van der Waals surface area contributed by atoms with Crippen molar-refractivity contribution in [2.75, 3.05) is 18.4 Å². The fourth-order valence-corrected chi connectivity index (χ4v) is 3.43. The minimum Gasteiger partial charge on any atom is -0.444 e. The molecule has 1 unspecified atom stereocenters. The molecule has 1 saturated heterocycles. The van der Waals surface area contributed by atoms with Crippen LogP contribution >= 0.6 is 0 Å². The van der Waals surface area contributed by atoms with Gasteiger partial charge in [-0.05, 0) is 51.0 Å². The number of amides is 3. The average Bonchev–Trinajstić information content (AvgIpc) is 2.67. The van der Waals surface area contributed by atoms with E-state index in [0.717, 1.165) is 0 Å². The summed E-state index contributed by atoms with van der Waals surface area (Å²) in [6, 6.07) is 10.8. The molecule has 3 amide bonds. The van der Waals surface area contributed by atoms with Gasteiger partial charge in [0.15, 0.2) is 0 Å². The van der Waals surface area contributed by atoms with Crippen LogP contribution in [0.15, 0.2) is 48.7 Å². The Balaban J connectivity index is 1.57. The molecule has 3 rings (SSSR count). The van der Waals surface area contributed by atoms with Crippen LogP contribution in [0, 0.1) is 11.7 Å². The van der Waals surface area contributed by atoms with E-state index in [2.05, 4.69) is 15.6 Å². The van der Waals surface area contributed by atoms with E-state index < -0.39 is 23.6 Å². The molecule has 0 radical (unpaired) electrons. The van der Waals surface area contributed by atoms with Gasteiger partial charge in [-0.1, -0.05) is 24.3 Å². The minimum atomic E-state index is -0.706. The number of aromatic nitrogens is 1. The van der Waals surface area contributed by atoms with Gasteiger partial charge in [0.2, 0.25) is 11.8 Å². The van der Waals surface area contributed by atoms with Crippen LogP contribution in [0.2, 0.25) is 0 Å². The lowest BCUT2D eigenvalue weighted by Gasteiger charge is -2.39. The van der Waals surface area contributed by atoms with E-state index in [1.54, 1.807) is 68.3 Å². The highest BCUT2D eigenvalue weighted by Crippen LogP contribution is 2.20. The molecule has 1 aromatic carbocycles. The Morgan fingerprint density at radius 3 is 2.48 bits per heavy atom. The number of benzene rings is 1. The molecule has 176 valence electrons. The number of rotatable bonds is 7. The SMILES string of the molecule is CC(C)(C)OC(=O)NC(CC(=O)N1CC(C(=O)Nc2ccccn2)C1)Cc1ccccc1F. The van der Waals surface area contributed by atoms with Gasteiger partial charge in [0.25, 0.3) is 0 Å². The Morgan fingerprint density at radius 2 is 1.85 bits per heavy atom. The van der Waals surface area contributed by atoms with Gasteiger partial charge in [0.05, 0.1) is 5.92 Å². The number of anilines is 1. The molecule has 8 nitrogen and oxygen atoms in total. The number of alkyl carbamates (subject to hydrolysis) is 1. The third-order valence-electron chi connectivity index (χ3n) is 5.09. The summed E-state index contributed by atoms with van der Waals surface area (Å²) in [7, 11) is 0. The smallest absolute Gasteiger partial charge is 0.407 e. The van der Waals surface area contributed by atoms with Gasteiger partial charge in [-0.15, -0.1) is 0 Å². The molecule has 0 bridgehead atoms. The number of hydrogen-bond acceptors (Lipinski definition) is 5. The quantitative estimate of drug-likeness (QED) is 0.667. The Hall–Kier alpha value is -3.49. The van der Waals surface area contributed by atoms with Crippen molar-refractivity contribution in [3.63, 3.8) is 0 Å². The molecule has 1 atom stereocenters. The van der Waals surface area contributed by atoms with Crippen molar-refractivity contribution in [1.82, 2.24) is 15.2 Å². The Kier molecular flexibility index (Phi) is 7.63. The number of nitrogens with one attached hydrogen (secondary N) is 2. The van der Waals surface area contributed by atoms with Gasteiger partial charge >= 0.3 is 6.09 Å². The Bertz CT molecular complexity index is 987. The highest BCUT2D eigenvalue weighted by Gasteiger charge is 2.36. The number of nitrogens with zero attached hydrogens (tertiary/aromatic N) is 2. The van der Waals surface area contributed by atoms with Crippen LogP contribution in [-0.2, 0) is 20.7 Å². The molecule has 2 N–H and O–H groups in total. The van der Waals surface area contributed by atoms with Gasteiger partial charge < -0.3 is 20.3 Å². The van der Waals surface area contributed by atoms with Crippen LogP contribution in [0.25, 0.3) is 0 Å². The fraction of sp³-hybridized carbons (Fsp3) is 0.417. The normalized spacial score (nSPS) is 14.7. The lowest BCUT2D eigenvalue weighted by molar-refractivity contribution is -0.141. The van der Waals surface area contributed by atoms with Crippen molar-refractivity contribution in [3.8, 4) is 0 Å². The summed E-state index contributed by atoms with van der Waals surface area (Å²) in [5.74, 6) is -0.712. The van der Waals surface area contributed by atoms with Crippen molar-refractivity contribution >= 4 is 23.7 Å². The molecule has 2 aromatic rings. The van der Waals surface area contributed by atoms with E-state index in [9.17, 15) is 18.8 Å². The predicted molar refractivity (Wildman–Crippen MR) is 121 cm³/mol. The van der Waals surface area contributed by atoms with Crippen molar-refractivity contribution in [3.05, 3.63) is 60.0 Å². The first-order chi connectivity index (χ1) is 15.6. The molecule has 1 aliphatic rings.